The lowest BCUT2D eigenvalue weighted by Gasteiger charge is -2.37. The smallest absolute Gasteiger partial charge is 0.259 e. The van der Waals surface area contributed by atoms with Crippen molar-refractivity contribution in [2.75, 3.05) is 47.0 Å². The van der Waals surface area contributed by atoms with E-state index in [-0.39, 0.29) is 12.5 Å². The molecule has 30 heavy (non-hydrogen) atoms. The lowest BCUT2D eigenvalue weighted by molar-refractivity contribution is -0.185. The lowest BCUT2D eigenvalue weighted by atomic mass is 10.0. The Labute approximate surface area is 176 Å². The average Bonchev–Trinajstić information content (AvgIpc) is 3.23. The molecule has 0 radical (unpaired) electrons. The van der Waals surface area contributed by atoms with E-state index < -0.39 is 5.79 Å². The Balaban J connectivity index is 1.51. The number of carbonyl (C=O) groups is 1. The molecule has 1 aromatic carbocycles. The molecular weight excluding hydrogens is 384 g/mol. The molecule has 2 saturated heterocycles. The molecule has 1 spiro atoms. The predicted molar refractivity (Wildman–Crippen MR) is 111 cm³/mol. The van der Waals surface area contributed by atoms with E-state index in [1.165, 1.54) is 11.2 Å². The van der Waals surface area contributed by atoms with Gasteiger partial charge in [-0.2, -0.15) is 0 Å². The quantitative estimate of drug-likeness (QED) is 0.718. The third-order valence-corrected chi connectivity index (χ3v) is 5.63. The second-order valence-electron chi connectivity index (χ2n) is 7.91. The Bertz CT molecular complexity index is 859. The van der Waals surface area contributed by atoms with Crippen molar-refractivity contribution in [2.24, 2.45) is 0 Å². The van der Waals surface area contributed by atoms with Gasteiger partial charge in [-0.15, -0.1) is 0 Å². The summed E-state index contributed by atoms with van der Waals surface area (Å²) in [6, 6.07) is 6.00. The molecule has 1 amide bonds. The van der Waals surface area contributed by atoms with Crippen LogP contribution in [0.2, 0.25) is 0 Å². The van der Waals surface area contributed by atoms with Crippen molar-refractivity contribution < 1.29 is 19.0 Å². The van der Waals surface area contributed by atoms with Gasteiger partial charge in [-0.1, -0.05) is 6.07 Å². The Morgan fingerprint density at radius 1 is 1.13 bits per heavy atom. The minimum Gasteiger partial charge on any atom is -0.483 e. The number of nitrogens with zero attached hydrogens (tertiary/aromatic N) is 4. The Morgan fingerprint density at radius 2 is 1.83 bits per heavy atom. The number of carbonyl (C=O) groups excluding carboxylic acids is 1. The van der Waals surface area contributed by atoms with Crippen LogP contribution < -0.4 is 4.74 Å². The van der Waals surface area contributed by atoms with Crippen LogP contribution in [0, 0.1) is 0 Å². The van der Waals surface area contributed by atoms with E-state index in [1.807, 2.05) is 12.1 Å². The largest absolute Gasteiger partial charge is 0.483 e. The first kappa shape index (κ1) is 20.7. The molecule has 8 heteroatoms. The van der Waals surface area contributed by atoms with Gasteiger partial charge in [-0.25, -0.2) is 9.97 Å². The number of amides is 1. The Morgan fingerprint density at radius 3 is 2.50 bits per heavy atom. The number of ether oxygens (including phenoxy) is 3. The summed E-state index contributed by atoms with van der Waals surface area (Å²) in [7, 11) is 3.45. The standard InChI is InChI=1S/C22H28N4O4/c1-25(2)21(27)15-28-20-4-3-17(19-12-23-16-24-13-19)11-18(20)14-26-7-5-22(6-8-26)29-9-10-30-22/h3-4,11-13,16H,5-10,14-15H2,1-2H3. The summed E-state index contributed by atoms with van der Waals surface area (Å²) in [6.45, 7) is 3.86. The number of rotatable bonds is 6. The van der Waals surface area contributed by atoms with Gasteiger partial charge in [0, 0.05) is 70.1 Å². The highest BCUT2D eigenvalue weighted by molar-refractivity contribution is 5.77. The number of likely N-dealkylation sites (tertiary alicyclic amines) is 1. The number of benzene rings is 1. The minimum absolute atomic E-state index is 0.0125. The van der Waals surface area contributed by atoms with Crippen molar-refractivity contribution in [2.45, 2.75) is 25.2 Å². The highest BCUT2D eigenvalue weighted by atomic mass is 16.7. The normalized spacial score (nSPS) is 18.5. The molecule has 0 saturated carbocycles. The zero-order chi connectivity index (χ0) is 21.0. The van der Waals surface area contributed by atoms with Gasteiger partial charge in [0.1, 0.15) is 12.1 Å². The molecule has 4 rings (SSSR count). The first-order valence-electron chi connectivity index (χ1n) is 10.3. The third-order valence-electron chi connectivity index (χ3n) is 5.63. The summed E-state index contributed by atoms with van der Waals surface area (Å²) in [5, 5.41) is 0. The monoisotopic (exact) mass is 412 g/mol. The number of likely N-dealkylation sites (N-methyl/N-ethyl adjacent to an activating group) is 1. The molecule has 0 unspecified atom stereocenters. The van der Waals surface area contributed by atoms with E-state index in [0.29, 0.717) is 13.2 Å². The molecule has 1 aromatic heterocycles. The van der Waals surface area contributed by atoms with E-state index in [9.17, 15) is 4.79 Å². The third kappa shape index (κ3) is 4.77. The highest BCUT2D eigenvalue weighted by Gasteiger charge is 2.39. The van der Waals surface area contributed by atoms with Crippen molar-refractivity contribution in [3.63, 3.8) is 0 Å². The molecule has 2 aliphatic heterocycles. The summed E-state index contributed by atoms with van der Waals surface area (Å²) in [6.07, 6.45) is 6.82. The first-order valence-corrected chi connectivity index (χ1v) is 10.3. The van der Waals surface area contributed by atoms with Crippen LogP contribution in [0.25, 0.3) is 11.1 Å². The van der Waals surface area contributed by atoms with E-state index in [0.717, 1.165) is 54.9 Å². The second-order valence-corrected chi connectivity index (χ2v) is 7.91. The van der Waals surface area contributed by atoms with E-state index in [1.54, 1.807) is 26.5 Å². The van der Waals surface area contributed by atoms with Gasteiger partial charge in [0.25, 0.3) is 5.91 Å². The maximum atomic E-state index is 12.0. The fourth-order valence-electron chi connectivity index (χ4n) is 3.82. The lowest BCUT2D eigenvalue weighted by Crippen LogP contribution is -2.44. The van der Waals surface area contributed by atoms with Crippen LogP contribution in [0.5, 0.6) is 5.75 Å². The zero-order valence-corrected chi connectivity index (χ0v) is 17.5. The van der Waals surface area contributed by atoms with Gasteiger partial charge >= 0.3 is 0 Å². The molecule has 2 fully saturated rings. The summed E-state index contributed by atoms with van der Waals surface area (Å²) in [5.74, 6) is 0.258. The van der Waals surface area contributed by atoms with Crippen molar-refractivity contribution in [1.29, 1.82) is 0 Å². The molecule has 0 N–H and O–H groups in total. The predicted octanol–water partition coefficient (Wildman–Crippen LogP) is 1.95. The van der Waals surface area contributed by atoms with Crippen LogP contribution in [0.3, 0.4) is 0 Å². The topological polar surface area (TPSA) is 77.0 Å². The molecular formula is C22H28N4O4. The van der Waals surface area contributed by atoms with Crippen molar-refractivity contribution in [3.8, 4) is 16.9 Å². The summed E-state index contributed by atoms with van der Waals surface area (Å²) >= 11 is 0. The molecule has 160 valence electrons. The van der Waals surface area contributed by atoms with Gasteiger partial charge in [0.2, 0.25) is 0 Å². The number of hydrogen-bond donors (Lipinski definition) is 0. The molecule has 3 heterocycles. The minimum atomic E-state index is -0.392. The fraction of sp³-hybridized carbons (Fsp3) is 0.500. The Hall–Kier alpha value is -2.55. The maximum Gasteiger partial charge on any atom is 0.259 e. The van der Waals surface area contributed by atoms with Gasteiger partial charge < -0.3 is 19.1 Å². The SMILES string of the molecule is CN(C)C(=O)COc1ccc(-c2cncnc2)cc1CN1CCC2(CC1)OCCO2. The zero-order valence-electron chi connectivity index (χ0n) is 17.5. The van der Waals surface area contributed by atoms with Crippen LogP contribution >= 0.6 is 0 Å². The maximum absolute atomic E-state index is 12.0. The van der Waals surface area contributed by atoms with Crippen molar-refractivity contribution in [1.82, 2.24) is 19.8 Å². The van der Waals surface area contributed by atoms with Crippen LogP contribution in [0.1, 0.15) is 18.4 Å². The van der Waals surface area contributed by atoms with Gasteiger partial charge in [0.05, 0.1) is 13.2 Å². The molecule has 0 aliphatic carbocycles. The number of piperidine rings is 1. The van der Waals surface area contributed by atoms with Crippen LogP contribution in [-0.2, 0) is 20.8 Å². The molecule has 0 bridgehead atoms. The van der Waals surface area contributed by atoms with Crippen LogP contribution in [-0.4, -0.2) is 78.5 Å². The fourth-order valence-corrected chi connectivity index (χ4v) is 3.82. The van der Waals surface area contributed by atoms with E-state index in [4.69, 9.17) is 14.2 Å². The van der Waals surface area contributed by atoms with Gasteiger partial charge in [-0.05, 0) is 17.7 Å². The van der Waals surface area contributed by atoms with Gasteiger partial charge in [0.15, 0.2) is 12.4 Å². The average molecular weight is 412 g/mol. The number of aromatic nitrogens is 2. The molecule has 8 nitrogen and oxygen atoms in total. The van der Waals surface area contributed by atoms with Crippen LogP contribution in [0.15, 0.2) is 36.9 Å². The van der Waals surface area contributed by atoms with Crippen molar-refractivity contribution >= 4 is 5.91 Å². The molecule has 0 atom stereocenters. The summed E-state index contributed by atoms with van der Waals surface area (Å²) in [4.78, 5) is 24.1. The van der Waals surface area contributed by atoms with E-state index >= 15 is 0 Å². The number of hydrogen-bond acceptors (Lipinski definition) is 7. The summed E-state index contributed by atoms with van der Waals surface area (Å²) in [5.41, 5.74) is 3.00. The first-order chi connectivity index (χ1) is 14.5. The van der Waals surface area contributed by atoms with Crippen molar-refractivity contribution in [3.05, 3.63) is 42.5 Å². The Kier molecular flexibility index (Phi) is 6.26. The van der Waals surface area contributed by atoms with E-state index in [2.05, 4.69) is 20.9 Å². The van der Waals surface area contributed by atoms with Crippen LogP contribution in [0.4, 0.5) is 0 Å². The summed E-state index contributed by atoms with van der Waals surface area (Å²) < 4.78 is 17.6. The molecule has 2 aliphatic rings. The highest BCUT2D eigenvalue weighted by Crippen LogP contribution is 2.33. The van der Waals surface area contributed by atoms with Gasteiger partial charge in [-0.3, -0.25) is 9.69 Å². The second kappa shape index (κ2) is 9.07. The molecule has 2 aromatic rings.